The number of carbonyl (C=O) groups is 4. The van der Waals surface area contributed by atoms with E-state index in [2.05, 4.69) is 10.6 Å². The van der Waals surface area contributed by atoms with Crippen LogP contribution in [0.1, 0.15) is 71.6 Å². The smallest absolute Gasteiger partial charge is 0.408 e. The fourth-order valence-corrected chi connectivity index (χ4v) is 3.82. The van der Waals surface area contributed by atoms with Gasteiger partial charge in [0.2, 0.25) is 11.7 Å². The van der Waals surface area contributed by atoms with Crippen molar-refractivity contribution in [2.24, 2.45) is 5.73 Å². The Kier molecular flexibility index (Phi) is 7.01. The average Bonchev–Trinajstić information content (AvgIpc) is 3.00. The number of halogens is 1. The molecular weight excluding hydrogens is 369 g/mol. The number of ketones is 1. The van der Waals surface area contributed by atoms with Crippen LogP contribution in [-0.2, 0) is 19.1 Å². The van der Waals surface area contributed by atoms with Gasteiger partial charge in [0, 0.05) is 0 Å². The zero-order chi connectivity index (χ0) is 20.9. The van der Waals surface area contributed by atoms with Crippen LogP contribution >= 0.6 is 0 Å². The largest absolute Gasteiger partial charge is 0.447 e. The van der Waals surface area contributed by atoms with Gasteiger partial charge in [-0.25, -0.2) is 9.18 Å². The summed E-state index contributed by atoms with van der Waals surface area (Å²) >= 11 is 0. The number of nitrogens with one attached hydrogen (secondary N) is 2. The summed E-state index contributed by atoms with van der Waals surface area (Å²) < 4.78 is 19.8. The minimum absolute atomic E-state index is 0.0658. The minimum atomic E-state index is -1.35. The third-order valence-corrected chi connectivity index (χ3v) is 5.56. The number of ether oxygens (including phenoxy) is 1. The van der Waals surface area contributed by atoms with Gasteiger partial charge in [0.05, 0.1) is 6.10 Å². The Hall–Kier alpha value is -2.19. The van der Waals surface area contributed by atoms with E-state index in [-0.39, 0.29) is 18.9 Å². The number of hydrogen-bond acceptors (Lipinski definition) is 5. The van der Waals surface area contributed by atoms with Crippen molar-refractivity contribution in [2.45, 2.75) is 95.0 Å². The van der Waals surface area contributed by atoms with Gasteiger partial charge in [-0.05, 0) is 58.8 Å². The molecule has 0 unspecified atom stereocenters. The van der Waals surface area contributed by atoms with Gasteiger partial charge >= 0.3 is 6.09 Å². The van der Waals surface area contributed by atoms with Crippen molar-refractivity contribution >= 4 is 23.7 Å². The molecule has 0 aliphatic heterocycles. The Morgan fingerprint density at radius 1 is 1.07 bits per heavy atom. The number of Topliss-reactive ketones (excluding diaryl/α,β-unsaturated/α-hetero) is 1. The first-order valence-corrected chi connectivity index (χ1v) is 9.89. The molecule has 158 valence electrons. The highest BCUT2D eigenvalue weighted by Gasteiger charge is 2.48. The fourth-order valence-electron chi connectivity index (χ4n) is 3.82. The van der Waals surface area contributed by atoms with Gasteiger partial charge in [-0.15, -0.1) is 0 Å². The lowest BCUT2D eigenvalue weighted by atomic mass is 9.73. The van der Waals surface area contributed by atoms with Gasteiger partial charge < -0.3 is 21.1 Å². The topological polar surface area (TPSA) is 128 Å². The summed E-state index contributed by atoms with van der Waals surface area (Å²) in [4.78, 5) is 48.2. The first kappa shape index (κ1) is 22.1. The predicted octanol–water partition coefficient (Wildman–Crippen LogP) is 1.65. The molecule has 4 N–H and O–H groups in total. The van der Waals surface area contributed by atoms with Crippen molar-refractivity contribution in [1.82, 2.24) is 10.6 Å². The third-order valence-electron chi connectivity index (χ3n) is 5.56. The number of hydrogen-bond donors (Lipinski definition) is 3. The van der Waals surface area contributed by atoms with E-state index in [1.165, 1.54) is 0 Å². The first-order chi connectivity index (χ1) is 13.1. The highest BCUT2D eigenvalue weighted by Crippen LogP contribution is 2.38. The average molecular weight is 399 g/mol. The van der Waals surface area contributed by atoms with E-state index in [9.17, 15) is 23.6 Å². The summed E-state index contributed by atoms with van der Waals surface area (Å²) in [6.45, 7) is 3.33. The van der Waals surface area contributed by atoms with Crippen LogP contribution in [0.25, 0.3) is 0 Å². The molecular formula is C19H30FN3O5. The lowest BCUT2D eigenvalue weighted by Gasteiger charge is -2.40. The molecule has 28 heavy (non-hydrogen) atoms. The van der Waals surface area contributed by atoms with Crippen LogP contribution in [0.3, 0.4) is 0 Å². The molecule has 0 radical (unpaired) electrons. The van der Waals surface area contributed by atoms with E-state index in [1.54, 1.807) is 13.8 Å². The summed E-state index contributed by atoms with van der Waals surface area (Å²) in [6, 6.07) is -1.07. The number of amides is 3. The number of alkyl halides is 1. The minimum Gasteiger partial charge on any atom is -0.447 e. The van der Waals surface area contributed by atoms with Crippen molar-refractivity contribution in [3.8, 4) is 0 Å². The number of primary amides is 1. The van der Waals surface area contributed by atoms with Gasteiger partial charge in [-0.2, -0.15) is 0 Å². The molecule has 0 heterocycles. The Bertz CT molecular complexity index is 627. The molecule has 8 nitrogen and oxygen atoms in total. The van der Waals surface area contributed by atoms with Crippen LogP contribution in [0, 0.1) is 0 Å². The molecule has 0 aromatic rings. The molecule has 1 atom stereocenters. The Morgan fingerprint density at radius 3 is 2.14 bits per heavy atom. The highest BCUT2D eigenvalue weighted by atomic mass is 19.1. The van der Waals surface area contributed by atoms with Crippen LogP contribution in [-0.4, -0.2) is 47.0 Å². The quantitative estimate of drug-likeness (QED) is 0.508. The number of carbonyl (C=O) groups excluding carboxylic acids is 4. The van der Waals surface area contributed by atoms with E-state index >= 15 is 0 Å². The normalized spacial score (nSPS) is 20.7. The van der Waals surface area contributed by atoms with Gasteiger partial charge in [0.25, 0.3) is 5.91 Å². The second-order valence-corrected chi connectivity index (χ2v) is 8.17. The molecule has 2 aliphatic rings. The van der Waals surface area contributed by atoms with Crippen LogP contribution in [0.4, 0.5) is 9.18 Å². The summed E-state index contributed by atoms with van der Waals surface area (Å²) in [7, 11) is 0. The Morgan fingerprint density at radius 2 is 1.68 bits per heavy atom. The van der Waals surface area contributed by atoms with E-state index in [0.29, 0.717) is 32.1 Å². The fraction of sp³-hybridized carbons (Fsp3) is 0.789. The molecule has 0 aromatic heterocycles. The van der Waals surface area contributed by atoms with E-state index in [0.717, 1.165) is 12.8 Å². The van der Waals surface area contributed by atoms with E-state index in [1.807, 2.05) is 0 Å². The summed E-state index contributed by atoms with van der Waals surface area (Å²) in [6.07, 6.45) is 2.73. The highest BCUT2D eigenvalue weighted by molar-refractivity contribution is 6.39. The molecule has 2 rings (SSSR count). The molecule has 0 saturated heterocycles. The molecule has 3 amide bonds. The first-order valence-electron chi connectivity index (χ1n) is 9.89. The standard InChI is InChI=1S/C19H30FN3O5/c1-12(2)28-17(27)22-13(6-11-18(20)7-3-4-8-18)16(26)23-19(9-5-10-19)14(24)15(21)25/h12-13H,3-11H2,1-2H3,(H2,21,25)(H,22,27)(H,23,26)/t13-/m0/s1. The van der Waals surface area contributed by atoms with Crippen molar-refractivity contribution < 1.29 is 28.3 Å². The molecule has 0 spiro atoms. The zero-order valence-corrected chi connectivity index (χ0v) is 16.5. The lowest BCUT2D eigenvalue weighted by molar-refractivity contribution is -0.144. The summed E-state index contributed by atoms with van der Waals surface area (Å²) in [5.41, 5.74) is 2.42. The van der Waals surface area contributed by atoms with Gasteiger partial charge in [-0.1, -0.05) is 12.8 Å². The third kappa shape index (κ3) is 5.42. The second-order valence-electron chi connectivity index (χ2n) is 8.17. The monoisotopic (exact) mass is 399 g/mol. The molecule has 9 heteroatoms. The second kappa shape index (κ2) is 8.87. The van der Waals surface area contributed by atoms with Crippen LogP contribution in [0.15, 0.2) is 0 Å². The van der Waals surface area contributed by atoms with E-state index in [4.69, 9.17) is 10.5 Å². The summed E-state index contributed by atoms with van der Waals surface area (Å²) in [5.74, 6) is -2.61. The van der Waals surface area contributed by atoms with Crippen LogP contribution in [0.5, 0.6) is 0 Å². The van der Waals surface area contributed by atoms with Crippen LogP contribution in [0.2, 0.25) is 0 Å². The molecule has 0 bridgehead atoms. The van der Waals surface area contributed by atoms with Crippen LogP contribution < -0.4 is 16.4 Å². The molecule has 0 aromatic carbocycles. The number of rotatable bonds is 9. The number of nitrogens with two attached hydrogens (primary N) is 1. The van der Waals surface area contributed by atoms with Crippen molar-refractivity contribution in [2.75, 3.05) is 0 Å². The van der Waals surface area contributed by atoms with Crippen molar-refractivity contribution in [3.05, 3.63) is 0 Å². The van der Waals surface area contributed by atoms with Crippen molar-refractivity contribution in [3.63, 3.8) is 0 Å². The zero-order valence-electron chi connectivity index (χ0n) is 16.5. The SMILES string of the molecule is CC(C)OC(=O)N[C@@H](CCC1(F)CCCC1)C(=O)NC1(C(=O)C(N)=O)CCC1. The van der Waals surface area contributed by atoms with Gasteiger partial charge in [0.15, 0.2) is 0 Å². The summed E-state index contributed by atoms with van der Waals surface area (Å²) in [5, 5.41) is 5.04. The van der Waals surface area contributed by atoms with E-state index < -0.39 is 40.9 Å². The van der Waals surface area contributed by atoms with Gasteiger partial charge in [0.1, 0.15) is 17.2 Å². The maximum atomic E-state index is 14.7. The van der Waals surface area contributed by atoms with Gasteiger partial charge in [-0.3, -0.25) is 14.4 Å². The maximum Gasteiger partial charge on any atom is 0.408 e. The number of alkyl carbamates (subject to hydrolysis) is 1. The van der Waals surface area contributed by atoms with Crippen molar-refractivity contribution in [1.29, 1.82) is 0 Å². The lowest BCUT2D eigenvalue weighted by Crippen LogP contribution is -2.65. The molecule has 2 saturated carbocycles. The molecule has 2 fully saturated rings. The Balaban J connectivity index is 2.07. The predicted molar refractivity (Wildman–Crippen MR) is 99.0 cm³/mol. The molecule has 2 aliphatic carbocycles. The Labute approximate surface area is 164 Å². The maximum absolute atomic E-state index is 14.7.